The van der Waals surface area contributed by atoms with Crippen LogP contribution in [0.4, 0.5) is 8.78 Å². The summed E-state index contributed by atoms with van der Waals surface area (Å²) in [5, 5.41) is 13.2. The van der Waals surface area contributed by atoms with Crippen LogP contribution in [0.1, 0.15) is 18.9 Å². The molecular formula is C15H21ClF2IN3O2. The minimum absolute atomic E-state index is 0. The maximum Gasteiger partial charge on any atom is 0.387 e. The van der Waals surface area contributed by atoms with Crippen molar-refractivity contribution in [2.45, 2.75) is 32.6 Å². The summed E-state index contributed by atoms with van der Waals surface area (Å²) in [5.41, 5.74) is 0.480. The van der Waals surface area contributed by atoms with E-state index in [1.165, 1.54) is 12.1 Å². The van der Waals surface area contributed by atoms with Crippen molar-refractivity contribution in [2.24, 2.45) is 4.99 Å². The van der Waals surface area contributed by atoms with Crippen LogP contribution in [0, 0.1) is 0 Å². The van der Waals surface area contributed by atoms with Gasteiger partial charge in [0.1, 0.15) is 5.75 Å². The molecule has 0 unspecified atom stereocenters. The Hall–Kier alpha value is -0.870. The van der Waals surface area contributed by atoms with Crippen molar-refractivity contribution in [1.82, 2.24) is 10.2 Å². The van der Waals surface area contributed by atoms with E-state index < -0.39 is 6.61 Å². The zero-order valence-electron chi connectivity index (χ0n) is 13.2. The number of rotatable bonds is 5. The average Bonchev–Trinajstić information content (AvgIpc) is 2.92. The lowest BCUT2D eigenvalue weighted by Crippen LogP contribution is -2.40. The van der Waals surface area contributed by atoms with Crippen LogP contribution in [0.15, 0.2) is 23.2 Å². The number of aliphatic hydroxyl groups excluding tert-OH is 1. The first kappa shape index (κ1) is 21.2. The number of ether oxygens (including phenoxy) is 1. The third kappa shape index (κ3) is 6.21. The lowest BCUT2D eigenvalue weighted by molar-refractivity contribution is -0.0504. The smallest absolute Gasteiger partial charge is 0.387 e. The van der Waals surface area contributed by atoms with Crippen LogP contribution in [0.3, 0.4) is 0 Å². The molecule has 1 saturated heterocycles. The van der Waals surface area contributed by atoms with Gasteiger partial charge in [-0.25, -0.2) is 4.99 Å². The number of aliphatic hydroxyl groups is 1. The quantitative estimate of drug-likeness (QED) is 0.390. The predicted molar refractivity (Wildman–Crippen MR) is 101 cm³/mol. The van der Waals surface area contributed by atoms with Crippen molar-refractivity contribution < 1.29 is 18.6 Å². The number of alkyl halides is 2. The molecule has 1 aliphatic rings. The normalized spacial score (nSPS) is 17.8. The molecule has 1 heterocycles. The first-order valence-electron chi connectivity index (χ1n) is 7.44. The van der Waals surface area contributed by atoms with Gasteiger partial charge in [0.05, 0.1) is 12.6 Å². The fourth-order valence-corrected chi connectivity index (χ4v) is 2.60. The van der Waals surface area contributed by atoms with E-state index in [1.54, 1.807) is 6.07 Å². The molecule has 0 spiro atoms. The van der Waals surface area contributed by atoms with Gasteiger partial charge in [-0.2, -0.15) is 8.78 Å². The van der Waals surface area contributed by atoms with E-state index in [1.807, 2.05) is 11.8 Å². The van der Waals surface area contributed by atoms with Crippen LogP contribution in [-0.4, -0.2) is 48.3 Å². The highest BCUT2D eigenvalue weighted by molar-refractivity contribution is 14.0. The summed E-state index contributed by atoms with van der Waals surface area (Å²) in [7, 11) is 0. The first-order chi connectivity index (χ1) is 11.0. The highest BCUT2D eigenvalue weighted by atomic mass is 127. The maximum atomic E-state index is 12.5. The Morgan fingerprint density at radius 1 is 1.54 bits per heavy atom. The van der Waals surface area contributed by atoms with Crippen LogP contribution in [0.2, 0.25) is 5.02 Å². The predicted octanol–water partition coefficient (Wildman–Crippen LogP) is 3.09. The summed E-state index contributed by atoms with van der Waals surface area (Å²) in [5.74, 6) is 0.692. The van der Waals surface area contributed by atoms with Gasteiger partial charge >= 0.3 is 6.61 Å². The van der Waals surface area contributed by atoms with Crippen molar-refractivity contribution in [3.8, 4) is 5.75 Å². The fourth-order valence-electron chi connectivity index (χ4n) is 2.40. The topological polar surface area (TPSA) is 57.1 Å². The zero-order chi connectivity index (χ0) is 16.8. The molecule has 0 aromatic heterocycles. The number of likely N-dealkylation sites (tertiary alicyclic amines) is 1. The van der Waals surface area contributed by atoms with Gasteiger partial charge in [-0.3, -0.25) is 0 Å². The number of hydrogen-bond acceptors (Lipinski definition) is 3. The minimum atomic E-state index is -2.90. The molecule has 2 N–H and O–H groups in total. The Balaban J connectivity index is 0.00000288. The lowest BCUT2D eigenvalue weighted by atomic mass is 10.2. The molecule has 5 nitrogen and oxygen atoms in total. The van der Waals surface area contributed by atoms with Gasteiger partial charge < -0.3 is 20.1 Å². The first-order valence-corrected chi connectivity index (χ1v) is 7.82. The van der Waals surface area contributed by atoms with Gasteiger partial charge in [0, 0.05) is 30.2 Å². The molecule has 136 valence electrons. The van der Waals surface area contributed by atoms with E-state index in [0.29, 0.717) is 42.6 Å². The summed E-state index contributed by atoms with van der Waals surface area (Å²) in [6, 6.07) is 4.46. The Bertz CT molecular complexity index is 564. The molecule has 1 atom stereocenters. The van der Waals surface area contributed by atoms with E-state index in [4.69, 9.17) is 11.6 Å². The highest BCUT2D eigenvalue weighted by Gasteiger charge is 2.23. The van der Waals surface area contributed by atoms with Crippen LogP contribution in [0.5, 0.6) is 5.75 Å². The number of nitrogens with one attached hydrogen (secondary N) is 1. The number of hydrogen-bond donors (Lipinski definition) is 2. The average molecular weight is 476 g/mol. The van der Waals surface area contributed by atoms with Crippen LogP contribution in [-0.2, 0) is 6.54 Å². The minimum Gasteiger partial charge on any atom is -0.434 e. The Morgan fingerprint density at radius 3 is 2.88 bits per heavy atom. The second-order valence-corrected chi connectivity index (χ2v) is 5.63. The van der Waals surface area contributed by atoms with Crippen LogP contribution in [0.25, 0.3) is 0 Å². The van der Waals surface area contributed by atoms with Crippen molar-refractivity contribution >= 4 is 41.5 Å². The Kier molecular flexibility index (Phi) is 8.99. The lowest BCUT2D eigenvalue weighted by Gasteiger charge is -2.21. The molecule has 9 heteroatoms. The van der Waals surface area contributed by atoms with Gasteiger partial charge in [-0.15, -0.1) is 24.0 Å². The van der Waals surface area contributed by atoms with Gasteiger partial charge in [0.2, 0.25) is 0 Å². The highest BCUT2D eigenvalue weighted by Crippen LogP contribution is 2.25. The number of aliphatic imine (C=N–C) groups is 1. The second-order valence-electron chi connectivity index (χ2n) is 5.19. The number of halogens is 4. The fraction of sp³-hybridized carbons (Fsp3) is 0.533. The molecule has 1 aromatic rings. The SMILES string of the molecule is CCNC(=NCc1cc(Cl)ccc1OC(F)F)N1CC[C@@H](O)C1.I. The standard InChI is InChI=1S/C15H20ClF2N3O2.HI/c1-2-19-15(21-6-5-12(22)9-21)20-8-10-7-11(16)3-4-13(10)23-14(17)18;/h3-4,7,12,14,22H,2,5-6,8-9H2,1H3,(H,19,20);1H/t12-;/m1./s1. The summed E-state index contributed by atoms with van der Waals surface area (Å²) in [6.45, 7) is 1.05. The third-order valence-electron chi connectivity index (χ3n) is 3.44. The van der Waals surface area contributed by atoms with E-state index in [-0.39, 0.29) is 42.4 Å². The van der Waals surface area contributed by atoms with Crippen LogP contribution >= 0.6 is 35.6 Å². The van der Waals surface area contributed by atoms with Gasteiger partial charge in [0.15, 0.2) is 5.96 Å². The summed E-state index contributed by atoms with van der Waals surface area (Å²) < 4.78 is 29.4. The Morgan fingerprint density at radius 2 is 2.29 bits per heavy atom. The number of β-amino-alcohol motifs (C(OH)–C–C–N with tert-alkyl or cyclic N) is 1. The van der Waals surface area contributed by atoms with Crippen molar-refractivity contribution in [1.29, 1.82) is 0 Å². The zero-order valence-corrected chi connectivity index (χ0v) is 16.3. The third-order valence-corrected chi connectivity index (χ3v) is 3.67. The van der Waals surface area contributed by atoms with E-state index in [2.05, 4.69) is 15.0 Å². The van der Waals surface area contributed by atoms with E-state index in [0.717, 1.165) is 0 Å². The van der Waals surface area contributed by atoms with Crippen molar-refractivity contribution in [3.63, 3.8) is 0 Å². The molecule has 0 amide bonds. The largest absolute Gasteiger partial charge is 0.434 e. The van der Waals surface area contributed by atoms with E-state index >= 15 is 0 Å². The summed E-state index contributed by atoms with van der Waals surface area (Å²) in [4.78, 5) is 6.38. The second kappa shape index (κ2) is 10.2. The molecule has 24 heavy (non-hydrogen) atoms. The Labute approximate surface area is 162 Å². The number of benzene rings is 1. The molecule has 0 bridgehead atoms. The molecule has 2 rings (SSSR count). The summed E-state index contributed by atoms with van der Waals surface area (Å²) >= 11 is 5.93. The van der Waals surface area contributed by atoms with Crippen LogP contribution < -0.4 is 10.1 Å². The molecule has 0 radical (unpaired) electrons. The van der Waals surface area contributed by atoms with Crippen molar-refractivity contribution in [2.75, 3.05) is 19.6 Å². The molecular weight excluding hydrogens is 455 g/mol. The maximum absolute atomic E-state index is 12.5. The molecule has 1 aliphatic heterocycles. The summed E-state index contributed by atoms with van der Waals surface area (Å²) in [6.07, 6.45) is 0.309. The van der Waals surface area contributed by atoms with Crippen molar-refractivity contribution in [3.05, 3.63) is 28.8 Å². The monoisotopic (exact) mass is 475 g/mol. The molecule has 1 fully saturated rings. The van der Waals surface area contributed by atoms with E-state index in [9.17, 15) is 13.9 Å². The molecule has 0 aliphatic carbocycles. The van der Waals surface area contributed by atoms with Gasteiger partial charge in [0.25, 0.3) is 0 Å². The molecule has 1 aromatic carbocycles. The van der Waals surface area contributed by atoms with Gasteiger partial charge in [-0.05, 0) is 31.5 Å². The van der Waals surface area contributed by atoms with Gasteiger partial charge in [-0.1, -0.05) is 11.6 Å². The molecule has 0 saturated carbocycles. The number of guanidine groups is 1. The number of nitrogens with zero attached hydrogens (tertiary/aromatic N) is 2.